The first-order valence-corrected chi connectivity index (χ1v) is 8.86. The molecule has 0 aliphatic heterocycles. The molecule has 0 radical (unpaired) electrons. The average molecular weight is 390 g/mol. The lowest BCUT2D eigenvalue weighted by atomic mass is 10.2. The summed E-state index contributed by atoms with van der Waals surface area (Å²) in [4.78, 5) is 11.5. The van der Waals surface area contributed by atoms with Crippen LogP contribution in [0.25, 0.3) is 0 Å². The van der Waals surface area contributed by atoms with Gasteiger partial charge in [-0.15, -0.1) is 0 Å². The fourth-order valence-corrected chi connectivity index (χ4v) is 3.63. The van der Waals surface area contributed by atoms with Crippen LogP contribution in [0.5, 0.6) is 0 Å². The van der Waals surface area contributed by atoms with Crippen molar-refractivity contribution in [1.29, 1.82) is 0 Å². The largest absolute Gasteiger partial charge is 0.462 e. The lowest BCUT2D eigenvalue weighted by Gasteiger charge is -2.08. The maximum atomic E-state index is 11.7. The van der Waals surface area contributed by atoms with E-state index in [1.165, 1.54) is 6.07 Å². The minimum Gasteiger partial charge on any atom is -0.462 e. The smallest absolute Gasteiger partial charge is 0.338 e. The zero-order chi connectivity index (χ0) is 14.6. The van der Waals surface area contributed by atoms with E-state index in [4.69, 9.17) is 27.0 Å². The maximum Gasteiger partial charge on any atom is 0.338 e. The van der Waals surface area contributed by atoms with Crippen LogP contribution in [0.2, 0.25) is 5.02 Å². The summed E-state index contributed by atoms with van der Waals surface area (Å²) in [6.07, 6.45) is 1.62. The fraction of sp³-hybridized carbons (Fsp3) is 0.364. The van der Waals surface area contributed by atoms with E-state index in [-0.39, 0.29) is 26.6 Å². The number of ether oxygens (including phenoxy) is 1. The normalized spacial score (nSPS) is 11.4. The van der Waals surface area contributed by atoms with Gasteiger partial charge in [-0.2, -0.15) is 0 Å². The van der Waals surface area contributed by atoms with E-state index in [1.807, 2.05) is 6.92 Å². The van der Waals surface area contributed by atoms with E-state index >= 15 is 0 Å². The minimum absolute atomic E-state index is 0.0449. The van der Waals surface area contributed by atoms with Crippen molar-refractivity contribution in [1.82, 2.24) is 0 Å². The van der Waals surface area contributed by atoms with Gasteiger partial charge in [0.15, 0.2) is 0 Å². The number of hydrogen-bond donors (Lipinski definition) is 0. The molecule has 0 N–H and O–H groups in total. The quantitative estimate of drug-likeness (QED) is 0.434. The Kier molecular flexibility index (Phi) is 6.11. The third-order valence-corrected chi connectivity index (χ3v) is 5.21. The molecule has 0 aliphatic carbocycles. The van der Waals surface area contributed by atoms with Crippen LogP contribution in [0.3, 0.4) is 0 Å². The molecule has 0 aromatic heterocycles. The molecule has 1 aromatic rings. The molecule has 106 valence electrons. The van der Waals surface area contributed by atoms with Gasteiger partial charge < -0.3 is 4.74 Å². The molecule has 0 aliphatic rings. The Labute approximate surface area is 129 Å². The molecule has 0 heterocycles. The highest BCUT2D eigenvalue weighted by Crippen LogP contribution is 2.33. The van der Waals surface area contributed by atoms with Crippen molar-refractivity contribution in [2.24, 2.45) is 0 Å². The van der Waals surface area contributed by atoms with Crippen molar-refractivity contribution in [2.45, 2.75) is 24.7 Å². The van der Waals surface area contributed by atoms with Gasteiger partial charge in [-0.1, -0.05) is 24.9 Å². The Bertz CT molecular complexity index is 587. The predicted molar refractivity (Wildman–Crippen MR) is 77.4 cm³/mol. The van der Waals surface area contributed by atoms with Crippen molar-refractivity contribution in [3.8, 4) is 0 Å². The molecule has 19 heavy (non-hydrogen) atoms. The second-order valence-electron chi connectivity index (χ2n) is 3.70. The summed E-state index contributed by atoms with van der Waals surface area (Å²) in [6, 6.07) is 2.46. The Hall–Kier alpha value is -0.300. The minimum atomic E-state index is -4.00. The van der Waals surface area contributed by atoms with Crippen molar-refractivity contribution in [2.75, 3.05) is 6.61 Å². The van der Waals surface area contributed by atoms with Crippen LogP contribution in [0.1, 0.15) is 30.1 Å². The summed E-state index contributed by atoms with van der Waals surface area (Å²) in [6.45, 7) is 2.23. The molecular weight excluding hydrogens is 379 g/mol. The monoisotopic (exact) mass is 388 g/mol. The summed E-state index contributed by atoms with van der Waals surface area (Å²) in [5, 5.41) is 0.0733. The summed E-state index contributed by atoms with van der Waals surface area (Å²) in [5.74, 6) is -0.635. The molecule has 0 bridgehead atoms. The second kappa shape index (κ2) is 6.92. The zero-order valence-electron chi connectivity index (χ0n) is 9.95. The van der Waals surface area contributed by atoms with Gasteiger partial charge in [0.25, 0.3) is 9.05 Å². The Balaban J connectivity index is 3.11. The third kappa shape index (κ3) is 4.63. The van der Waals surface area contributed by atoms with Gasteiger partial charge in [0.2, 0.25) is 0 Å². The Morgan fingerprint density at radius 1 is 1.42 bits per heavy atom. The fourth-order valence-electron chi connectivity index (χ4n) is 1.25. The number of carbonyl (C=O) groups excluding carboxylic acids is 1. The lowest BCUT2D eigenvalue weighted by molar-refractivity contribution is 0.0499. The van der Waals surface area contributed by atoms with Crippen LogP contribution in [-0.4, -0.2) is 21.0 Å². The summed E-state index contributed by atoms with van der Waals surface area (Å²) >= 11 is 8.87. The van der Waals surface area contributed by atoms with Crippen molar-refractivity contribution >= 4 is 53.2 Å². The molecule has 1 rings (SSSR count). The number of carbonyl (C=O) groups is 1. The maximum absolute atomic E-state index is 11.7. The molecule has 8 heteroatoms. The molecule has 0 fully saturated rings. The van der Waals surface area contributed by atoms with E-state index in [9.17, 15) is 13.2 Å². The van der Waals surface area contributed by atoms with Crippen molar-refractivity contribution in [3.05, 3.63) is 27.2 Å². The molecule has 0 amide bonds. The molecule has 0 saturated carbocycles. The number of benzene rings is 1. The van der Waals surface area contributed by atoms with E-state index < -0.39 is 15.0 Å². The number of unbranched alkanes of at least 4 members (excludes halogenated alkanes) is 1. The van der Waals surface area contributed by atoms with Gasteiger partial charge in [0.05, 0.1) is 26.6 Å². The Morgan fingerprint density at radius 3 is 2.58 bits per heavy atom. The molecule has 0 unspecified atom stereocenters. The van der Waals surface area contributed by atoms with Crippen LogP contribution >= 0.6 is 38.2 Å². The van der Waals surface area contributed by atoms with Gasteiger partial charge >= 0.3 is 5.97 Å². The van der Waals surface area contributed by atoms with E-state index in [0.29, 0.717) is 0 Å². The van der Waals surface area contributed by atoms with E-state index in [2.05, 4.69) is 15.9 Å². The third-order valence-electron chi connectivity index (χ3n) is 2.22. The van der Waals surface area contributed by atoms with E-state index in [1.54, 1.807) is 0 Å². The number of halogens is 3. The van der Waals surface area contributed by atoms with Crippen LogP contribution in [0.15, 0.2) is 21.5 Å². The van der Waals surface area contributed by atoms with Crippen LogP contribution in [-0.2, 0) is 13.8 Å². The van der Waals surface area contributed by atoms with Crippen LogP contribution in [0, 0.1) is 0 Å². The first-order valence-electron chi connectivity index (χ1n) is 5.38. The number of esters is 1. The van der Waals surface area contributed by atoms with Crippen molar-refractivity contribution in [3.63, 3.8) is 0 Å². The first-order chi connectivity index (χ1) is 8.77. The highest BCUT2D eigenvalue weighted by Gasteiger charge is 2.21. The summed E-state index contributed by atoms with van der Waals surface area (Å²) < 4.78 is 27.8. The highest BCUT2D eigenvalue weighted by molar-refractivity contribution is 9.10. The molecule has 1 aromatic carbocycles. The Morgan fingerprint density at radius 2 is 2.05 bits per heavy atom. The molecule has 0 atom stereocenters. The summed E-state index contributed by atoms with van der Waals surface area (Å²) in [5.41, 5.74) is 0.0449. The molecular formula is C11H11BrCl2O4S. The van der Waals surface area contributed by atoms with Crippen LogP contribution < -0.4 is 0 Å². The van der Waals surface area contributed by atoms with Gasteiger partial charge in [0.1, 0.15) is 0 Å². The van der Waals surface area contributed by atoms with Gasteiger partial charge in [-0.25, -0.2) is 13.2 Å². The van der Waals surface area contributed by atoms with Gasteiger partial charge in [-0.3, -0.25) is 0 Å². The topological polar surface area (TPSA) is 60.4 Å². The van der Waals surface area contributed by atoms with Gasteiger partial charge in [-0.05, 0) is 34.5 Å². The zero-order valence-corrected chi connectivity index (χ0v) is 13.9. The van der Waals surface area contributed by atoms with Crippen LogP contribution in [0.4, 0.5) is 0 Å². The second-order valence-corrected chi connectivity index (χ2v) is 7.43. The predicted octanol–water partition coefficient (Wildman–Crippen LogP) is 3.99. The molecule has 0 saturated heterocycles. The van der Waals surface area contributed by atoms with Gasteiger partial charge in [0, 0.05) is 10.7 Å². The highest BCUT2D eigenvalue weighted by atomic mass is 79.9. The SMILES string of the molecule is CCCCOC(=O)c1cc(Cl)c(Br)c(S(=O)(=O)Cl)c1. The number of hydrogen-bond acceptors (Lipinski definition) is 4. The average Bonchev–Trinajstić information content (AvgIpc) is 2.31. The van der Waals surface area contributed by atoms with E-state index in [0.717, 1.165) is 18.9 Å². The standard InChI is InChI=1S/C11H11BrCl2O4S/c1-2-3-4-18-11(15)7-5-8(13)10(12)9(6-7)19(14,16)17/h5-6H,2-4H2,1H3. The number of rotatable bonds is 5. The van der Waals surface area contributed by atoms with Crippen molar-refractivity contribution < 1.29 is 17.9 Å². The lowest BCUT2D eigenvalue weighted by Crippen LogP contribution is -2.08. The molecule has 4 nitrogen and oxygen atoms in total. The first kappa shape index (κ1) is 16.8. The summed E-state index contributed by atoms with van der Waals surface area (Å²) in [7, 11) is 1.27. The molecule has 0 spiro atoms.